The van der Waals surface area contributed by atoms with Gasteiger partial charge in [-0.3, -0.25) is 9.59 Å². The average Bonchev–Trinajstić information content (AvgIpc) is 2.74. The zero-order valence-electron chi connectivity index (χ0n) is 18.7. The first-order valence-electron chi connectivity index (χ1n) is 9.15. The summed E-state index contributed by atoms with van der Waals surface area (Å²) >= 11 is 0. The summed E-state index contributed by atoms with van der Waals surface area (Å²) in [6, 6.07) is 9.05. The molecule has 9 heteroatoms. The molecule has 1 atom stereocenters. The summed E-state index contributed by atoms with van der Waals surface area (Å²) < 4.78 is 27.5. The number of anilines is 1. The van der Waals surface area contributed by atoms with E-state index in [1.165, 1.54) is 0 Å². The summed E-state index contributed by atoms with van der Waals surface area (Å²) in [7, 11) is 2.84. The summed E-state index contributed by atoms with van der Waals surface area (Å²) in [4.78, 5) is 22.4. The Morgan fingerprint density at radius 2 is 1.80 bits per heavy atom. The van der Waals surface area contributed by atoms with Crippen LogP contribution in [0.4, 0.5) is 5.69 Å². The van der Waals surface area contributed by atoms with Crippen molar-refractivity contribution in [3.8, 4) is 28.4 Å². The Balaban J connectivity index is 0.00000450. The Bertz CT molecular complexity index is 874. The monoisotopic (exact) mass is 458 g/mol. The summed E-state index contributed by atoms with van der Waals surface area (Å²) in [5.41, 5.74) is 2.83. The Morgan fingerprint density at radius 3 is 2.37 bits per heavy atom. The molecule has 0 saturated carbocycles. The largest absolute Gasteiger partial charge is 1.00 e. The normalized spacial score (nSPS) is 10.1. The number of hydrogen-bond donors (Lipinski definition) is 1. The predicted octanol–water partition coefficient (Wildman–Crippen LogP) is 1.12. The van der Waals surface area contributed by atoms with Crippen molar-refractivity contribution in [3.63, 3.8) is 0 Å². The van der Waals surface area contributed by atoms with E-state index in [0.717, 1.165) is 29.5 Å². The number of carbonyl (C=O) groups is 2. The van der Waals surface area contributed by atoms with E-state index in [1.54, 1.807) is 26.4 Å². The molecular weight excluding hydrogens is 432 g/mol. The second-order valence-corrected chi connectivity index (χ2v) is 7.05. The summed E-state index contributed by atoms with van der Waals surface area (Å²) in [6.07, 6.45) is 2.33. The standard InChI is InChI=1S/C21H24NO6P.K.H/c1-14-11-16(22-20(24)13-23)19(28-9-4-5-10-29-25)12-15(14)21-17(26-2)7-6-8-18(21)27-3;;/h6-8,11-13H,4-5,9-10H2,1-3H3,(H,22,24);;/q;+1;-1/p+1. The van der Waals surface area contributed by atoms with Crippen molar-refractivity contribution < 1.29 is 81.2 Å². The van der Waals surface area contributed by atoms with Crippen molar-refractivity contribution in [2.24, 2.45) is 0 Å². The van der Waals surface area contributed by atoms with Gasteiger partial charge in [0, 0.05) is 0 Å². The van der Waals surface area contributed by atoms with Gasteiger partial charge in [-0.25, -0.2) is 0 Å². The fourth-order valence-electron chi connectivity index (χ4n) is 2.93. The second-order valence-electron chi connectivity index (χ2n) is 6.26. The number of benzene rings is 2. The minimum atomic E-state index is -0.760. The molecule has 0 saturated heterocycles. The Labute approximate surface area is 222 Å². The SMILES string of the molecule is COc1cccc(OC)c1-c1cc(OCCCC[PH+]=O)c(NC(=O)C=O)cc1C.[H-].[K+]. The van der Waals surface area contributed by atoms with Crippen molar-refractivity contribution >= 4 is 26.3 Å². The van der Waals surface area contributed by atoms with Crippen LogP contribution in [0.3, 0.4) is 0 Å². The number of ether oxygens (including phenoxy) is 3. The molecule has 1 N–H and O–H groups in total. The maximum absolute atomic E-state index is 11.6. The number of carbonyl (C=O) groups excluding carboxylic acids is 2. The molecule has 1 amide bonds. The third-order valence-electron chi connectivity index (χ3n) is 4.32. The molecule has 0 aliphatic carbocycles. The zero-order valence-corrected chi connectivity index (χ0v) is 21.9. The fourth-order valence-corrected chi connectivity index (χ4v) is 3.33. The van der Waals surface area contributed by atoms with Crippen molar-refractivity contribution in [1.29, 1.82) is 0 Å². The molecule has 2 aromatic carbocycles. The third kappa shape index (κ3) is 7.15. The van der Waals surface area contributed by atoms with Crippen LogP contribution in [0.15, 0.2) is 30.3 Å². The minimum absolute atomic E-state index is 0. The Morgan fingerprint density at radius 1 is 1.13 bits per heavy atom. The van der Waals surface area contributed by atoms with E-state index < -0.39 is 5.91 Å². The summed E-state index contributed by atoms with van der Waals surface area (Å²) in [5, 5.41) is 2.55. The second kappa shape index (κ2) is 13.9. The van der Waals surface area contributed by atoms with E-state index in [0.29, 0.717) is 35.7 Å². The Hall–Kier alpha value is -1.28. The summed E-state index contributed by atoms with van der Waals surface area (Å²) in [5.74, 6) is 0.946. The first kappa shape index (κ1) is 26.8. The van der Waals surface area contributed by atoms with E-state index in [2.05, 4.69) is 5.32 Å². The molecule has 0 heterocycles. The van der Waals surface area contributed by atoms with Crippen molar-refractivity contribution in [1.82, 2.24) is 0 Å². The fraction of sp³-hybridized carbons (Fsp3) is 0.333. The average molecular weight is 459 g/mol. The molecule has 0 radical (unpaired) electrons. The maximum atomic E-state index is 11.6. The van der Waals surface area contributed by atoms with E-state index in [-0.39, 0.29) is 67.6 Å². The molecule has 0 aromatic heterocycles. The molecule has 0 spiro atoms. The first-order chi connectivity index (χ1) is 14.0. The van der Waals surface area contributed by atoms with Gasteiger partial charge in [-0.1, -0.05) is 10.6 Å². The van der Waals surface area contributed by atoms with Crippen LogP contribution in [0.25, 0.3) is 11.1 Å². The van der Waals surface area contributed by atoms with Gasteiger partial charge in [0.05, 0.1) is 32.1 Å². The van der Waals surface area contributed by atoms with Gasteiger partial charge in [0.1, 0.15) is 23.4 Å². The zero-order chi connectivity index (χ0) is 21.2. The molecule has 2 aromatic rings. The molecular formula is C21H26KNO6P+. The number of methoxy groups -OCH3 is 2. The number of rotatable bonds is 11. The van der Waals surface area contributed by atoms with Crippen molar-refractivity contribution in [2.75, 3.05) is 32.3 Å². The van der Waals surface area contributed by atoms with Crippen LogP contribution in [-0.4, -0.2) is 39.2 Å². The van der Waals surface area contributed by atoms with Crippen molar-refractivity contribution in [3.05, 3.63) is 35.9 Å². The number of nitrogens with one attached hydrogen (secondary N) is 1. The van der Waals surface area contributed by atoms with Gasteiger partial charge in [0.15, 0.2) is 0 Å². The van der Waals surface area contributed by atoms with Crippen molar-refractivity contribution in [2.45, 2.75) is 19.8 Å². The van der Waals surface area contributed by atoms with Crippen LogP contribution in [0.5, 0.6) is 17.2 Å². The number of hydrogen-bond acceptors (Lipinski definition) is 6. The maximum Gasteiger partial charge on any atom is 1.00 e. The van der Waals surface area contributed by atoms with Gasteiger partial charge < -0.3 is 21.0 Å². The molecule has 30 heavy (non-hydrogen) atoms. The van der Waals surface area contributed by atoms with Crippen LogP contribution in [0.2, 0.25) is 0 Å². The molecule has 156 valence electrons. The first-order valence-corrected chi connectivity index (χ1v) is 10.3. The van der Waals surface area contributed by atoms with Gasteiger partial charge in [-0.05, 0) is 55.2 Å². The van der Waals surface area contributed by atoms with Gasteiger partial charge in [-0.15, -0.1) is 0 Å². The topological polar surface area (TPSA) is 90.9 Å². The quantitative estimate of drug-likeness (QED) is 0.178. The number of unbranched alkanes of at least 4 members (excludes halogenated alkanes) is 1. The van der Waals surface area contributed by atoms with E-state index in [9.17, 15) is 14.2 Å². The van der Waals surface area contributed by atoms with Crippen LogP contribution in [0.1, 0.15) is 19.8 Å². The van der Waals surface area contributed by atoms with Crippen LogP contribution >= 0.6 is 8.46 Å². The Kier molecular flexibility index (Phi) is 12.4. The minimum Gasteiger partial charge on any atom is -1.00 e. The number of amides is 1. The number of aryl methyl sites for hydroxylation is 1. The molecule has 0 bridgehead atoms. The summed E-state index contributed by atoms with van der Waals surface area (Å²) in [6.45, 7) is 2.27. The van der Waals surface area contributed by atoms with Gasteiger partial charge in [0.25, 0.3) is 5.91 Å². The smallest absolute Gasteiger partial charge is 1.00 e. The van der Waals surface area contributed by atoms with Gasteiger partial charge >= 0.3 is 59.8 Å². The number of aldehydes is 1. The molecule has 2 rings (SSSR count). The van der Waals surface area contributed by atoms with Gasteiger partial charge in [-0.2, -0.15) is 0 Å². The van der Waals surface area contributed by atoms with Crippen LogP contribution < -0.4 is 70.9 Å². The van der Waals surface area contributed by atoms with Crippen LogP contribution in [-0.2, 0) is 14.2 Å². The molecule has 1 unspecified atom stereocenters. The van der Waals surface area contributed by atoms with E-state index in [1.807, 2.05) is 25.1 Å². The van der Waals surface area contributed by atoms with E-state index >= 15 is 0 Å². The van der Waals surface area contributed by atoms with E-state index in [4.69, 9.17) is 14.2 Å². The molecule has 0 aliphatic heterocycles. The predicted molar refractivity (Wildman–Crippen MR) is 114 cm³/mol. The third-order valence-corrected chi connectivity index (χ3v) is 4.88. The molecule has 0 aliphatic rings. The molecule has 0 fully saturated rings. The van der Waals surface area contributed by atoms with Gasteiger partial charge in [0.2, 0.25) is 6.29 Å². The molecule has 7 nitrogen and oxygen atoms in total. The van der Waals surface area contributed by atoms with Crippen LogP contribution in [0, 0.1) is 6.92 Å².